The predicted molar refractivity (Wildman–Crippen MR) is 142 cm³/mol. The number of rotatable bonds is 13. The van der Waals surface area contributed by atoms with Crippen LogP contribution >= 0.6 is 0 Å². The van der Waals surface area contributed by atoms with E-state index in [0.717, 1.165) is 12.2 Å². The van der Waals surface area contributed by atoms with Crippen molar-refractivity contribution in [1.29, 1.82) is 0 Å². The molecule has 0 fully saturated rings. The lowest BCUT2D eigenvalue weighted by atomic mass is 9.82. The zero-order chi connectivity index (χ0) is 25.8. The molecule has 36 heavy (non-hydrogen) atoms. The Labute approximate surface area is 213 Å². The maximum absolute atomic E-state index is 12.9. The molecule has 190 valence electrons. The van der Waals surface area contributed by atoms with E-state index < -0.39 is 0 Å². The van der Waals surface area contributed by atoms with Gasteiger partial charge < -0.3 is 19.5 Å². The molecule has 6 nitrogen and oxygen atoms in total. The molecule has 0 atom stereocenters. The largest absolute Gasteiger partial charge is 0.494 e. The van der Waals surface area contributed by atoms with E-state index >= 15 is 0 Å². The van der Waals surface area contributed by atoms with Gasteiger partial charge in [-0.05, 0) is 67.1 Å². The van der Waals surface area contributed by atoms with Gasteiger partial charge in [0, 0.05) is 12.1 Å². The van der Waals surface area contributed by atoms with Gasteiger partial charge in [0.1, 0.15) is 11.5 Å². The summed E-state index contributed by atoms with van der Waals surface area (Å²) >= 11 is 0. The van der Waals surface area contributed by atoms with Crippen molar-refractivity contribution >= 4 is 17.6 Å². The van der Waals surface area contributed by atoms with Gasteiger partial charge in [-0.2, -0.15) is 0 Å². The summed E-state index contributed by atoms with van der Waals surface area (Å²) in [6.45, 7) is 7.48. The van der Waals surface area contributed by atoms with Crippen molar-refractivity contribution in [2.24, 2.45) is 0 Å². The van der Waals surface area contributed by atoms with Gasteiger partial charge in [0.25, 0.3) is 5.91 Å². The first kappa shape index (κ1) is 26.8. The Bertz CT molecular complexity index is 1110. The number of benzene rings is 3. The summed E-state index contributed by atoms with van der Waals surface area (Å²) in [6.07, 6.45) is 1.67. The van der Waals surface area contributed by atoms with Crippen LogP contribution in [0.15, 0.2) is 78.9 Å². The molecule has 1 N–H and O–H groups in total. The van der Waals surface area contributed by atoms with E-state index in [4.69, 9.17) is 14.2 Å². The lowest BCUT2D eigenvalue weighted by Gasteiger charge is -2.25. The molecule has 0 saturated carbocycles. The number of amides is 1. The number of hydrogen-bond donors (Lipinski definition) is 1. The van der Waals surface area contributed by atoms with Crippen molar-refractivity contribution in [3.05, 3.63) is 90.0 Å². The molecule has 3 rings (SSSR count). The Balaban J connectivity index is 1.49. The van der Waals surface area contributed by atoms with Crippen LogP contribution < -0.4 is 14.8 Å². The molecule has 0 unspecified atom stereocenters. The van der Waals surface area contributed by atoms with Crippen LogP contribution in [-0.2, 0) is 14.9 Å². The lowest BCUT2D eigenvalue weighted by molar-refractivity contribution is -0.143. The highest BCUT2D eigenvalue weighted by molar-refractivity contribution is 6.06. The number of para-hydroxylation sites is 1. The minimum Gasteiger partial charge on any atom is -0.494 e. The average molecular weight is 490 g/mol. The topological polar surface area (TPSA) is 73.9 Å². The first-order valence-corrected chi connectivity index (χ1v) is 12.4. The molecular formula is C30H35NO5. The zero-order valence-electron chi connectivity index (χ0n) is 21.3. The summed E-state index contributed by atoms with van der Waals surface area (Å²) < 4.78 is 16.6. The molecule has 0 radical (unpaired) electrons. The summed E-state index contributed by atoms with van der Waals surface area (Å²) in [7, 11) is 0. The van der Waals surface area contributed by atoms with Gasteiger partial charge in [-0.25, -0.2) is 0 Å². The van der Waals surface area contributed by atoms with Crippen molar-refractivity contribution < 1.29 is 23.8 Å². The number of hydrogen-bond acceptors (Lipinski definition) is 5. The van der Waals surface area contributed by atoms with E-state index in [2.05, 4.69) is 43.4 Å². The third-order valence-corrected chi connectivity index (χ3v) is 5.88. The summed E-state index contributed by atoms with van der Waals surface area (Å²) in [5.41, 5.74) is 2.39. The molecule has 0 aliphatic carbocycles. The van der Waals surface area contributed by atoms with E-state index in [1.807, 2.05) is 36.4 Å². The molecule has 0 saturated heterocycles. The van der Waals surface area contributed by atoms with E-state index in [1.165, 1.54) is 5.56 Å². The quantitative estimate of drug-likeness (QED) is 0.222. The third kappa shape index (κ3) is 8.15. The normalized spacial score (nSPS) is 11.0. The summed E-state index contributed by atoms with van der Waals surface area (Å²) in [6, 6.07) is 24.8. The molecular weight excluding hydrogens is 454 g/mol. The maximum Gasteiger partial charge on any atom is 0.305 e. The maximum atomic E-state index is 12.9. The fourth-order valence-corrected chi connectivity index (χ4v) is 3.70. The molecule has 6 heteroatoms. The molecule has 0 heterocycles. The highest BCUT2D eigenvalue weighted by atomic mass is 16.5. The molecule has 0 aromatic heterocycles. The number of carbonyl (C=O) groups is 2. The number of ether oxygens (including phenoxy) is 3. The van der Waals surface area contributed by atoms with E-state index in [-0.39, 0.29) is 23.7 Å². The molecule has 3 aromatic rings. The third-order valence-electron chi connectivity index (χ3n) is 5.88. The van der Waals surface area contributed by atoms with Crippen LogP contribution in [-0.4, -0.2) is 31.7 Å². The van der Waals surface area contributed by atoms with Crippen LogP contribution in [0.25, 0.3) is 0 Å². The molecule has 0 aliphatic rings. The molecule has 3 aromatic carbocycles. The van der Waals surface area contributed by atoms with Crippen LogP contribution in [0.4, 0.5) is 5.69 Å². The van der Waals surface area contributed by atoms with Gasteiger partial charge >= 0.3 is 5.97 Å². The minimum atomic E-state index is -0.269. The van der Waals surface area contributed by atoms with Gasteiger partial charge in [-0.1, -0.05) is 56.3 Å². The van der Waals surface area contributed by atoms with Crippen LogP contribution in [0.3, 0.4) is 0 Å². The second kappa shape index (κ2) is 13.3. The first-order chi connectivity index (χ1) is 17.4. The fraction of sp³-hybridized carbons (Fsp3) is 0.333. The summed E-state index contributed by atoms with van der Waals surface area (Å²) in [5.74, 6) is 0.704. The first-order valence-electron chi connectivity index (χ1n) is 12.4. The predicted octanol–water partition coefficient (Wildman–Crippen LogP) is 6.41. The van der Waals surface area contributed by atoms with Crippen molar-refractivity contribution in [3.63, 3.8) is 0 Å². The standard InChI is InChI=1S/C30H35NO5/c1-4-34-28(32)15-10-21-36-27-14-9-8-13-26(27)29(33)31-24-16-18-25(19-17-24)35-22-20-30(2,3)23-11-6-5-7-12-23/h5-9,11-14,16-19H,4,10,15,20-22H2,1-3H3,(H,31,33). The van der Waals surface area contributed by atoms with Crippen molar-refractivity contribution in [2.75, 3.05) is 25.1 Å². The van der Waals surface area contributed by atoms with E-state index in [9.17, 15) is 9.59 Å². The minimum absolute atomic E-state index is 0.0173. The SMILES string of the molecule is CCOC(=O)CCCOc1ccccc1C(=O)Nc1ccc(OCCC(C)(C)c2ccccc2)cc1. The number of nitrogens with one attached hydrogen (secondary N) is 1. The Morgan fingerprint density at radius 2 is 1.53 bits per heavy atom. The van der Waals surface area contributed by atoms with Crippen LogP contribution in [0.1, 0.15) is 56.0 Å². The Morgan fingerprint density at radius 1 is 0.833 bits per heavy atom. The van der Waals surface area contributed by atoms with Crippen molar-refractivity contribution in [1.82, 2.24) is 0 Å². The van der Waals surface area contributed by atoms with Gasteiger partial charge in [0.15, 0.2) is 0 Å². The van der Waals surface area contributed by atoms with Gasteiger partial charge in [0.2, 0.25) is 0 Å². The van der Waals surface area contributed by atoms with Crippen molar-refractivity contribution in [3.8, 4) is 11.5 Å². The highest BCUT2D eigenvalue weighted by Gasteiger charge is 2.20. The molecule has 0 aliphatic heterocycles. The van der Waals surface area contributed by atoms with Crippen LogP contribution in [0.2, 0.25) is 0 Å². The number of anilines is 1. The molecule has 0 bridgehead atoms. The Morgan fingerprint density at radius 3 is 2.25 bits per heavy atom. The van der Waals surface area contributed by atoms with Crippen LogP contribution in [0.5, 0.6) is 11.5 Å². The Kier molecular flexibility index (Phi) is 9.92. The van der Waals surface area contributed by atoms with Gasteiger partial charge in [-0.3, -0.25) is 9.59 Å². The lowest BCUT2D eigenvalue weighted by Crippen LogP contribution is -2.20. The monoisotopic (exact) mass is 489 g/mol. The number of esters is 1. The molecule has 0 spiro atoms. The Hall–Kier alpha value is -3.80. The second-order valence-electron chi connectivity index (χ2n) is 9.08. The van der Waals surface area contributed by atoms with Crippen LogP contribution in [0, 0.1) is 0 Å². The molecule has 1 amide bonds. The van der Waals surface area contributed by atoms with Gasteiger partial charge in [0.05, 0.1) is 25.4 Å². The summed E-state index contributed by atoms with van der Waals surface area (Å²) in [5, 5.41) is 2.90. The zero-order valence-corrected chi connectivity index (χ0v) is 21.3. The average Bonchev–Trinajstić information content (AvgIpc) is 2.88. The highest BCUT2D eigenvalue weighted by Crippen LogP contribution is 2.27. The van der Waals surface area contributed by atoms with Crippen molar-refractivity contribution in [2.45, 2.75) is 45.4 Å². The smallest absolute Gasteiger partial charge is 0.305 e. The van der Waals surface area contributed by atoms with E-state index in [0.29, 0.717) is 43.2 Å². The summed E-state index contributed by atoms with van der Waals surface area (Å²) in [4.78, 5) is 24.3. The number of carbonyl (C=O) groups excluding carboxylic acids is 2. The van der Waals surface area contributed by atoms with E-state index in [1.54, 1.807) is 25.1 Å². The van der Waals surface area contributed by atoms with Gasteiger partial charge in [-0.15, -0.1) is 0 Å². The fourth-order valence-electron chi connectivity index (χ4n) is 3.70. The second-order valence-corrected chi connectivity index (χ2v) is 9.08.